The van der Waals surface area contributed by atoms with Crippen molar-refractivity contribution in [2.75, 3.05) is 5.32 Å². The molecule has 19 heavy (non-hydrogen) atoms. The molecule has 1 unspecified atom stereocenters. The van der Waals surface area contributed by atoms with Crippen molar-refractivity contribution < 1.29 is 4.79 Å². The third-order valence-corrected chi connectivity index (χ3v) is 2.81. The van der Waals surface area contributed by atoms with Crippen LogP contribution >= 0.6 is 11.6 Å². The van der Waals surface area contributed by atoms with Crippen molar-refractivity contribution in [3.63, 3.8) is 0 Å². The molecule has 2 rings (SSSR count). The fraction of sp³-hybridized carbons (Fsp3) is 0.250. The molecular weight excluding hydrogens is 266 g/mol. The van der Waals surface area contributed by atoms with Crippen molar-refractivity contribution in [2.45, 2.75) is 19.5 Å². The second kappa shape index (κ2) is 5.81. The van der Waals surface area contributed by atoms with Gasteiger partial charge in [0, 0.05) is 6.04 Å². The maximum Gasteiger partial charge on any atom is 0.246 e. The summed E-state index contributed by atoms with van der Waals surface area (Å²) in [6.45, 7) is 1.86. The number of anilines is 1. The lowest BCUT2D eigenvalue weighted by Crippen LogP contribution is -2.19. The van der Waals surface area contributed by atoms with Crippen LogP contribution in [0.4, 0.5) is 5.69 Å². The van der Waals surface area contributed by atoms with Crippen LogP contribution in [0.15, 0.2) is 30.5 Å². The minimum atomic E-state index is -0.228. The monoisotopic (exact) mass is 279 g/mol. The number of benzene rings is 1. The highest BCUT2D eigenvalue weighted by Crippen LogP contribution is 2.20. The average molecular weight is 280 g/mol. The summed E-state index contributed by atoms with van der Waals surface area (Å²) >= 11 is 5.95. The van der Waals surface area contributed by atoms with Crippen LogP contribution in [0.3, 0.4) is 0 Å². The molecule has 0 aliphatic heterocycles. The second-order valence-electron chi connectivity index (χ2n) is 4.16. The number of nitrogens with two attached hydrogens (primary N) is 1. The third-order valence-electron chi connectivity index (χ3n) is 2.48. The minimum absolute atomic E-state index is 0.0605. The number of nitrogens with zero attached hydrogens (tertiary/aromatic N) is 3. The molecule has 100 valence electrons. The zero-order valence-corrected chi connectivity index (χ0v) is 11.1. The Morgan fingerprint density at radius 1 is 1.53 bits per heavy atom. The van der Waals surface area contributed by atoms with Crippen molar-refractivity contribution >= 4 is 23.2 Å². The van der Waals surface area contributed by atoms with E-state index < -0.39 is 0 Å². The van der Waals surface area contributed by atoms with Gasteiger partial charge in [0.15, 0.2) is 0 Å². The summed E-state index contributed by atoms with van der Waals surface area (Å²) in [4.78, 5) is 11.8. The van der Waals surface area contributed by atoms with Gasteiger partial charge in [-0.1, -0.05) is 28.9 Å². The number of carbonyl (C=O) groups excluding carboxylic acids is 1. The summed E-state index contributed by atoms with van der Waals surface area (Å²) < 4.78 is 1.44. The molecule has 3 N–H and O–H groups in total. The fourth-order valence-corrected chi connectivity index (χ4v) is 1.68. The molecule has 1 aromatic heterocycles. The van der Waals surface area contributed by atoms with Crippen LogP contribution in [0.2, 0.25) is 5.02 Å². The highest BCUT2D eigenvalue weighted by atomic mass is 35.5. The molecule has 0 radical (unpaired) electrons. The molecule has 0 fully saturated rings. The molecule has 1 heterocycles. The normalized spacial score (nSPS) is 12.2. The number of carbonyl (C=O) groups is 1. The Kier molecular flexibility index (Phi) is 4.13. The van der Waals surface area contributed by atoms with Gasteiger partial charge in [-0.15, -0.1) is 5.10 Å². The summed E-state index contributed by atoms with van der Waals surface area (Å²) in [6, 6.07) is 6.83. The van der Waals surface area contributed by atoms with Gasteiger partial charge < -0.3 is 11.1 Å². The van der Waals surface area contributed by atoms with E-state index in [0.29, 0.717) is 16.4 Å². The zero-order chi connectivity index (χ0) is 13.8. The maximum absolute atomic E-state index is 11.8. The van der Waals surface area contributed by atoms with Crippen molar-refractivity contribution in [1.29, 1.82) is 0 Å². The summed E-state index contributed by atoms with van der Waals surface area (Å²) in [7, 11) is 0. The Balaban J connectivity index is 1.99. The quantitative estimate of drug-likeness (QED) is 0.890. The zero-order valence-electron chi connectivity index (χ0n) is 10.4. The van der Waals surface area contributed by atoms with Gasteiger partial charge in [0.2, 0.25) is 5.91 Å². The minimum Gasteiger partial charge on any atom is -0.323 e. The van der Waals surface area contributed by atoms with E-state index in [4.69, 9.17) is 17.3 Å². The fourth-order valence-electron chi connectivity index (χ4n) is 1.50. The maximum atomic E-state index is 11.8. The van der Waals surface area contributed by atoms with E-state index in [9.17, 15) is 4.79 Å². The number of para-hydroxylation sites is 1. The van der Waals surface area contributed by atoms with Gasteiger partial charge in [-0.05, 0) is 19.1 Å². The van der Waals surface area contributed by atoms with Gasteiger partial charge in [0.05, 0.1) is 22.6 Å². The number of amides is 1. The van der Waals surface area contributed by atoms with E-state index in [-0.39, 0.29) is 18.5 Å². The Morgan fingerprint density at radius 2 is 2.26 bits per heavy atom. The number of rotatable bonds is 4. The molecule has 7 heteroatoms. The van der Waals surface area contributed by atoms with E-state index in [1.54, 1.807) is 37.4 Å². The first-order valence-corrected chi connectivity index (χ1v) is 6.14. The van der Waals surface area contributed by atoms with Gasteiger partial charge in [0.1, 0.15) is 6.54 Å². The van der Waals surface area contributed by atoms with Gasteiger partial charge in [-0.3, -0.25) is 4.79 Å². The lowest BCUT2D eigenvalue weighted by Gasteiger charge is -2.06. The topological polar surface area (TPSA) is 85.8 Å². The highest BCUT2D eigenvalue weighted by Gasteiger charge is 2.09. The standard InChI is InChI=1S/C12H14ClN5O/c1-8(14)11-6-18(17-16-11)7-12(19)15-10-5-3-2-4-9(10)13/h2-6,8H,7,14H2,1H3,(H,15,19). The van der Waals surface area contributed by atoms with Crippen molar-refractivity contribution in [1.82, 2.24) is 15.0 Å². The summed E-state index contributed by atoms with van der Waals surface area (Å²) in [6.07, 6.45) is 1.65. The summed E-state index contributed by atoms with van der Waals surface area (Å²) in [5.41, 5.74) is 6.88. The molecule has 6 nitrogen and oxygen atoms in total. The van der Waals surface area contributed by atoms with E-state index in [1.165, 1.54) is 4.68 Å². The summed E-state index contributed by atoms with van der Waals surface area (Å²) in [5.74, 6) is -0.228. The molecule has 0 saturated heterocycles. The van der Waals surface area contributed by atoms with Crippen LogP contribution < -0.4 is 11.1 Å². The predicted molar refractivity (Wildman–Crippen MR) is 72.7 cm³/mol. The Morgan fingerprint density at radius 3 is 2.89 bits per heavy atom. The molecule has 2 aromatic rings. The van der Waals surface area contributed by atoms with Gasteiger partial charge in [-0.2, -0.15) is 0 Å². The molecule has 0 aliphatic carbocycles. The van der Waals surface area contributed by atoms with Crippen molar-refractivity contribution in [3.05, 3.63) is 41.2 Å². The number of halogens is 1. The number of hydrogen-bond donors (Lipinski definition) is 2. The van der Waals surface area contributed by atoms with Crippen LogP contribution in [0.1, 0.15) is 18.7 Å². The first-order chi connectivity index (χ1) is 9.06. The SMILES string of the molecule is CC(N)c1cn(CC(=O)Nc2ccccc2Cl)nn1. The lowest BCUT2D eigenvalue weighted by atomic mass is 10.3. The van der Waals surface area contributed by atoms with Crippen LogP contribution in [-0.2, 0) is 11.3 Å². The predicted octanol–water partition coefficient (Wildman–Crippen LogP) is 1.59. The first-order valence-electron chi connectivity index (χ1n) is 5.76. The number of aromatic nitrogens is 3. The lowest BCUT2D eigenvalue weighted by molar-refractivity contribution is -0.116. The molecule has 0 bridgehead atoms. The first kappa shape index (κ1) is 13.5. The third kappa shape index (κ3) is 3.52. The van der Waals surface area contributed by atoms with Crippen LogP contribution in [0, 0.1) is 0 Å². The smallest absolute Gasteiger partial charge is 0.246 e. The van der Waals surface area contributed by atoms with Crippen LogP contribution in [-0.4, -0.2) is 20.9 Å². The average Bonchev–Trinajstić information content (AvgIpc) is 2.80. The molecule has 1 amide bonds. The summed E-state index contributed by atoms with van der Waals surface area (Å²) in [5, 5.41) is 10.9. The number of hydrogen-bond acceptors (Lipinski definition) is 4. The number of nitrogens with one attached hydrogen (secondary N) is 1. The molecule has 0 saturated carbocycles. The van der Waals surface area contributed by atoms with E-state index in [0.717, 1.165) is 0 Å². The van der Waals surface area contributed by atoms with Gasteiger partial charge >= 0.3 is 0 Å². The van der Waals surface area contributed by atoms with Crippen molar-refractivity contribution in [3.8, 4) is 0 Å². The van der Waals surface area contributed by atoms with Gasteiger partial charge in [0.25, 0.3) is 0 Å². The van der Waals surface area contributed by atoms with Crippen LogP contribution in [0.5, 0.6) is 0 Å². The largest absolute Gasteiger partial charge is 0.323 e. The Bertz CT molecular complexity index is 581. The Hall–Kier alpha value is -1.92. The molecule has 1 aromatic carbocycles. The van der Waals surface area contributed by atoms with Crippen LogP contribution in [0.25, 0.3) is 0 Å². The molecular formula is C12H14ClN5O. The van der Waals surface area contributed by atoms with E-state index in [2.05, 4.69) is 15.6 Å². The van der Waals surface area contributed by atoms with Gasteiger partial charge in [-0.25, -0.2) is 4.68 Å². The molecule has 0 spiro atoms. The molecule has 1 atom stereocenters. The Labute approximate surface area is 115 Å². The molecule has 0 aliphatic rings. The van der Waals surface area contributed by atoms with E-state index in [1.807, 2.05) is 0 Å². The second-order valence-corrected chi connectivity index (χ2v) is 4.56. The van der Waals surface area contributed by atoms with Crippen molar-refractivity contribution in [2.24, 2.45) is 5.73 Å². The van der Waals surface area contributed by atoms with E-state index >= 15 is 0 Å². The highest BCUT2D eigenvalue weighted by molar-refractivity contribution is 6.33.